The van der Waals surface area contributed by atoms with Crippen LogP contribution in [0.5, 0.6) is 0 Å². The lowest BCUT2D eigenvalue weighted by Gasteiger charge is -2.37. The Bertz CT molecular complexity index is 1180. The van der Waals surface area contributed by atoms with Crippen LogP contribution in [0.2, 0.25) is 0 Å². The number of hydrogen-bond acceptors (Lipinski definition) is 5. The Morgan fingerprint density at radius 2 is 1.91 bits per heavy atom. The fourth-order valence-corrected chi connectivity index (χ4v) is 4.28. The van der Waals surface area contributed by atoms with Gasteiger partial charge in [-0.05, 0) is 62.7 Å². The standard InChI is InChI=1S/C25H28N4O2S/c1-15-7-6-8-20(13-15)23-27-24(31-28-23)21-18(4)29(11-12-30-5)25(32)26-22(21)19-10-9-16(2)17(3)14-19/h6-10,13-14,22H,11-12H2,1-5H3,(H,26,32). The summed E-state index contributed by atoms with van der Waals surface area (Å²) in [5.74, 6) is 1.05. The van der Waals surface area contributed by atoms with Gasteiger partial charge >= 0.3 is 0 Å². The zero-order valence-corrected chi connectivity index (χ0v) is 19.9. The normalized spacial score (nSPS) is 16.5. The molecule has 4 rings (SSSR count). The number of allylic oxidation sites excluding steroid dienone is 1. The highest BCUT2D eigenvalue weighted by Gasteiger charge is 2.34. The molecule has 7 heteroatoms. The molecule has 0 fully saturated rings. The van der Waals surface area contributed by atoms with Gasteiger partial charge in [-0.3, -0.25) is 0 Å². The number of ether oxygens (including phenoxy) is 1. The molecular weight excluding hydrogens is 420 g/mol. The second-order valence-corrected chi connectivity index (χ2v) is 8.55. The van der Waals surface area contributed by atoms with E-state index in [1.807, 2.05) is 36.9 Å². The van der Waals surface area contributed by atoms with E-state index in [-0.39, 0.29) is 6.04 Å². The van der Waals surface area contributed by atoms with Gasteiger partial charge in [0.05, 0.1) is 18.2 Å². The molecule has 2 heterocycles. The molecule has 1 atom stereocenters. The van der Waals surface area contributed by atoms with Gasteiger partial charge in [-0.15, -0.1) is 0 Å². The average molecular weight is 449 g/mol. The monoisotopic (exact) mass is 448 g/mol. The van der Waals surface area contributed by atoms with Gasteiger partial charge in [0.25, 0.3) is 5.89 Å². The molecule has 2 aromatic carbocycles. The Morgan fingerprint density at radius 1 is 1.09 bits per heavy atom. The summed E-state index contributed by atoms with van der Waals surface area (Å²) in [6, 6.07) is 14.3. The summed E-state index contributed by atoms with van der Waals surface area (Å²) < 4.78 is 11.1. The second-order valence-electron chi connectivity index (χ2n) is 8.16. The zero-order valence-electron chi connectivity index (χ0n) is 19.1. The minimum absolute atomic E-state index is 0.189. The number of rotatable bonds is 6. The molecule has 3 aromatic rings. The molecule has 0 aliphatic carbocycles. The third-order valence-corrected chi connectivity index (χ3v) is 6.25. The number of nitrogens with zero attached hydrogens (tertiary/aromatic N) is 3. The van der Waals surface area contributed by atoms with Crippen LogP contribution in [0.25, 0.3) is 17.0 Å². The lowest BCUT2D eigenvalue weighted by atomic mass is 9.92. The quantitative estimate of drug-likeness (QED) is 0.534. The SMILES string of the molecule is COCCN1C(=S)NC(c2ccc(C)c(C)c2)C(c2nc(-c3cccc(C)c3)no2)=C1C. The molecule has 0 bridgehead atoms. The number of nitrogens with one attached hydrogen (secondary N) is 1. The van der Waals surface area contributed by atoms with E-state index < -0.39 is 0 Å². The van der Waals surface area contributed by atoms with Crippen LogP contribution in [-0.4, -0.2) is 40.4 Å². The minimum atomic E-state index is -0.189. The molecule has 0 saturated heterocycles. The number of methoxy groups -OCH3 is 1. The summed E-state index contributed by atoms with van der Waals surface area (Å²) in [6.45, 7) is 9.51. The van der Waals surface area contributed by atoms with Crippen molar-refractivity contribution in [2.24, 2.45) is 0 Å². The van der Waals surface area contributed by atoms with Crippen LogP contribution in [0.3, 0.4) is 0 Å². The summed E-state index contributed by atoms with van der Waals surface area (Å²) >= 11 is 5.71. The molecule has 1 N–H and O–H groups in total. The Labute approximate surface area is 194 Å². The number of hydrogen-bond donors (Lipinski definition) is 1. The van der Waals surface area contributed by atoms with E-state index in [4.69, 9.17) is 26.5 Å². The Morgan fingerprint density at radius 3 is 2.62 bits per heavy atom. The molecule has 0 spiro atoms. The summed E-state index contributed by atoms with van der Waals surface area (Å²) in [5, 5.41) is 8.43. The predicted molar refractivity (Wildman–Crippen MR) is 130 cm³/mol. The van der Waals surface area contributed by atoms with Crippen molar-refractivity contribution in [2.75, 3.05) is 20.3 Å². The number of benzene rings is 2. The van der Waals surface area contributed by atoms with Crippen LogP contribution in [0.4, 0.5) is 0 Å². The van der Waals surface area contributed by atoms with Gasteiger partial charge in [0.15, 0.2) is 5.11 Å². The maximum atomic E-state index is 5.80. The Hall–Kier alpha value is -3.03. The minimum Gasteiger partial charge on any atom is -0.383 e. The molecule has 6 nitrogen and oxygen atoms in total. The molecule has 1 aliphatic rings. The molecule has 166 valence electrons. The van der Waals surface area contributed by atoms with E-state index >= 15 is 0 Å². The van der Waals surface area contributed by atoms with Crippen LogP contribution in [0.15, 0.2) is 52.7 Å². The molecule has 1 aromatic heterocycles. The maximum Gasteiger partial charge on any atom is 0.258 e. The van der Waals surface area contributed by atoms with Gasteiger partial charge in [-0.2, -0.15) is 4.98 Å². The maximum absolute atomic E-state index is 5.80. The first-order chi connectivity index (χ1) is 15.4. The van der Waals surface area contributed by atoms with Crippen molar-refractivity contribution in [2.45, 2.75) is 33.7 Å². The number of aryl methyl sites for hydroxylation is 3. The molecular formula is C25H28N4O2S. The topological polar surface area (TPSA) is 63.4 Å². The number of thiocarbonyl (C=S) groups is 1. The van der Waals surface area contributed by atoms with E-state index in [2.05, 4.69) is 48.6 Å². The van der Waals surface area contributed by atoms with Gasteiger partial charge in [-0.1, -0.05) is 47.1 Å². The largest absolute Gasteiger partial charge is 0.383 e. The van der Waals surface area contributed by atoms with E-state index in [0.717, 1.165) is 28.0 Å². The van der Waals surface area contributed by atoms with Gasteiger partial charge < -0.3 is 19.5 Å². The van der Waals surface area contributed by atoms with Crippen molar-refractivity contribution in [3.8, 4) is 11.4 Å². The van der Waals surface area contributed by atoms with Crippen molar-refractivity contribution < 1.29 is 9.26 Å². The van der Waals surface area contributed by atoms with Crippen molar-refractivity contribution >= 4 is 22.9 Å². The zero-order chi connectivity index (χ0) is 22.8. The Balaban J connectivity index is 1.82. The fourth-order valence-electron chi connectivity index (χ4n) is 3.94. The highest BCUT2D eigenvalue weighted by atomic mass is 32.1. The van der Waals surface area contributed by atoms with Crippen LogP contribution in [0, 0.1) is 20.8 Å². The van der Waals surface area contributed by atoms with Crippen LogP contribution < -0.4 is 5.32 Å². The van der Waals surface area contributed by atoms with Crippen molar-refractivity contribution in [1.82, 2.24) is 20.4 Å². The van der Waals surface area contributed by atoms with Gasteiger partial charge in [0, 0.05) is 24.9 Å². The fraction of sp³-hybridized carbons (Fsp3) is 0.320. The third kappa shape index (κ3) is 4.31. The summed E-state index contributed by atoms with van der Waals surface area (Å²) in [5.41, 5.74) is 7.55. The first-order valence-corrected chi connectivity index (χ1v) is 11.1. The van der Waals surface area contributed by atoms with E-state index in [1.54, 1.807) is 7.11 Å². The van der Waals surface area contributed by atoms with Gasteiger partial charge in [0.2, 0.25) is 5.82 Å². The lowest BCUT2D eigenvalue weighted by Crippen LogP contribution is -2.47. The van der Waals surface area contributed by atoms with E-state index in [0.29, 0.717) is 30.0 Å². The summed E-state index contributed by atoms with van der Waals surface area (Å²) in [4.78, 5) is 6.80. The van der Waals surface area contributed by atoms with Crippen LogP contribution >= 0.6 is 12.2 Å². The van der Waals surface area contributed by atoms with Gasteiger partial charge in [-0.25, -0.2) is 0 Å². The van der Waals surface area contributed by atoms with E-state index in [1.165, 1.54) is 11.1 Å². The summed E-state index contributed by atoms with van der Waals surface area (Å²) in [7, 11) is 1.68. The van der Waals surface area contributed by atoms with Crippen molar-refractivity contribution in [1.29, 1.82) is 0 Å². The van der Waals surface area contributed by atoms with E-state index in [9.17, 15) is 0 Å². The molecule has 1 unspecified atom stereocenters. The molecule has 0 radical (unpaired) electrons. The van der Waals surface area contributed by atoms with Crippen molar-refractivity contribution in [3.63, 3.8) is 0 Å². The molecule has 32 heavy (non-hydrogen) atoms. The predicted octanol–water partition coefficient (Wildman–Crippen LogP) is 4.97. The highest BCUT2D eigenvalue weighted by Crippen LogP contribution is 2.37. The lowest BCUT2D eigenvalue weighted by molar-refractivity contribution is 0.183. The number of aromatic nitrogens is 2. The highest BCUT2D eigenvalue weighted by molar-refractivity contribution is 7.80. The molecule has 0 saturated carbocycles. The van der Waals surface area contributed by atoms with Gasteiger partial charge in [0.1, 0.15) is 0 Å². The molecule has 1 aliphatic heterocycles. The summed E-state index contributed by atoms with van der Waals surface area (Å²) in [6.07, 6.45) is 0. The van der Waals surface area contributed by atoms with Crippen LogP contribution in [-0.2, 0) is 4.74 Å². The average Bonchev–Trinajstić information content (AvgIpc) is 3.25. The van der Waals surface area contributed by atoms with Crippen LogP contribution in [0.1, 0.15) is 41.1 Å². The third-order valence-electron chi connectivity index (χ3n) is 5.91. The Kier molecular flexibility index (Phi) is 6.39. The second kappa shape index (κ2) is 9.22. The molecule has 0 amide bonds. The smallest absolute Gasteiger partial charge is 0.258 e. The van der Waals surface area contributed by atoms with Crippen molar-refractivity contribution in [3.05, 3.63) is 76.3 Å². The first kappa shape index (κ1) is 22.2. The first-order valence-electron chi connectivity index (χ1n) is 10.6.